The Balaban J connectivity index is 1.35. The molecule has 7 heteroatoms. The van der Waals surface area contributed by atoms with Gasteiger partial charge in [-0.15, -0.1) is 0 Å². The lowest BCUT2D eigenvalue weighted by atomic mass is 10.2. The molecule has 0 bridgehead atoms. The molecule has 2 aromatic carbocycles. The molecule has 142 valence electrons. The van der Waals surface area contributed by atoms with Crippen molar-refractivity contribution in [2.45, 2.75) is 0 Å². The van der Waals surface area contributed by atoms with Crippen LogP contribution < -0.4 is 15.1 Å². The number of nitrogens with one attached hydrogen (secondary N) is 1. The first-order valence-corrected chi connectivity index (χ1v) is 9.13. The summed E-state index contributed by atoms with van der Waals surface area (Å²) in [5.41, 5.74) is 2.01. The van der Waals surface area contributed by atoms with Gasteiger partial charge in [-0.05, 0) is 36.4 Å². The highest BCUT2D eigenvalue weighted by atomic mass is 19.1. The number of nitrogens with zero attached hydrogens (tertiary/aromatic N) is 4. The van der Waals surface area contributed by atoms with Crippen LogP contribution in [0.1, 0.15) is 10.5 Å². The molecule has 1 aliphatic heterocycles. The van der Waals surface area contributed by atoms with E-state index >= 15 is 0 Å². The average molecular weight is 377 g/mol. The lowest BCUT2D eigenvalue weighted by molar-refractivity contribution is 0.102. The van der Waals surface area contributed by atoms with Gasteiger partial charge in [0.15, 0.2) is 0 Å². The zero-order valence-corrected chi connectivity index (χ0v) is 15.3. The molecule has 1 amide bonds. The summed E-state index contributed by atoms with van der Waals surface area (Å²) in [4.78, 5) is 25.3. The summed E-state index contributed by atoms with van der Waals surface area (Å²) in [6, 6.07) is 15.8. The van der Waals surface area contributed by atoms with Crippen molar-refractivity contribution < 1.29 is 9.18 Å². The molecular weight excluding hydrogens is 357 g/mol. The first-order valence-electron chi connectivity index (χ1n) is 9.13. The maximum Gasteiger partial charge on any atom is 0.275 e. The third-order valence-corrected chi connectivity index (χ3v) is 4.70. The van der Waals surface area contributed by atoms with Crippen LogP contribution in [0.2, 0.25) is 0 Å². The first-order chi connectivity index (χ1) is 13.7. The Morgan fingerprint density at radius 1 is 0.857 bits per heavy atom. The maximum atomic E-state index is 13.1. The predicted octanol–water partition coefficient (Wildman–Crippen LogP) is 3.19. The summed E-state index contributed by atoms with van der Waals surface area (Å²) >= 11 is 0. The van der Waals surface area contributed by atoms with Crippen LogP contribution >= 0.6 is 0 Å². The number of amides is 1. The van der Waals surface area contributed by atoms with Crippen LogP contribution in [0.4, 0.5) is 21.6 Å². The van der Waals surface area contributed by atoms with Crippen molar-refractivity contribution in [3.05, 3.63) is 78.5 Å². The molecule has 1 fully saturated rings. The Kier molecular flexibility index (Phi) is 5.14. The Labute approximate surface area is 162 Å². The first kappa shape index (κ1) is 17.9. The summed E-state index contributed by atoms with van der Waals surface area (Å²) in [5, 5.41) is 2.80. The number of rotatable bonds is 4. The standard InChI is InChI=1S/C21H20FN5O/c22-16-6-8-18(9-7-16)26-10-12-27(13-11-26)20-15-23-19(14-24-20)21(28)25-17-4-2-1-3-5-17/h1-9,14-15H,10-13H2,(H,25,28). The molecule has 1 aliphatic rings. The zero-order chi connectivity index (χ0) is 19.3. The quantitative estimate of drug-likeness (QED) is 0.757. The van der Waals surface area contributed by atoms with Crippen LogP contribution in [0, 0.1) is 5.82 Å². The van der Waals surface area contributed by atoms with Crippen LogP contribution in [0.3, 0.4) is 0 Å². The molecule has 28 heavy (non-hydrogen) atoms. The minimum atomic E-state index is -0.286. The monoisotopic (exact) mass is 377 g/mol. The second-order valence-electron chi connectivity index (χ2n) is 6.53. The molecule has 4 rings (SSSR count). The van der Waals surface area contributed by atoms with Crippen molar-refractivity contribution in [1.29, 1.82) is 0 Å². The van der Waals surface area contributed by atoms with Gasteiger partial charge >= 0.3 is 0 Å². The van der Waals surface area contributed by atoms with E-state index in [1.807, 2.05) is 30.3 Å². The third-order valence-electron chi connectivity index (χ3n) is 4.70. The van der Waals surface area contributed by atoms with Crippen molar-refractivity contribution in [1.82, 2.24) is 9.97 Å². The van der Waals surface area contributed by atoms with E-state index in [1.165, 1.54) is 18.3 Å². The highest BCUT2D eigenvalue weighted by molar-refractivity contribution is 6.02. The van der Waals surface area contributed by atoms with Gasteiger partial charge in [0.05, 0.1) is 12.4 Å². The fourth-order valence-corrected chi connectivity index (χ4v) is 3.16. The Hall–Kier alpha value is -3.48. The van der Waals surface area contributed by atoms with E-state index in [0.717, 1.165) is 43.4 Å². The number of anilines is 3. The smallest absolute Gasteiger partial charge is 0.275 e. The number of para-hydroxylation sites is 1. The van der Waals surface area contributed by atoms with Crippen LogP contribution in [-0.4, -0.2) is 42.1 Å². The molecule has 0 atom stereocenters. The molecule has 2 heterocycles. The Bertz CT molecular complexity index is 923. The topological polar surface area (TPSA) is 61.4 Å². The van der Waals surface area contributed by atoms with Crippen LogP contribution in [0.15, 0.2) is 67.0 Å². The van der Waals surface area contributed by atoms with Gasteiger partial charge in [-0.3, -0.25) is 4.79 Å². The lowest BCUT2D eigenvalue weighted by Crippen LogP contribution is -2.46. The average Bonchev–Trinajstić information content (AvgIpc) is 2.75. The normalized spacial score (nSPS) is 14.0. The molecule has 0 unspecified atom stereocenters. The molecule has 0 saturated carbocycles. The zero-order valence-electron chi connectivity index (χ0n) is 15.3. The van der Waals surface area contributed by atoms with E-state index in [2.05, 4.69) is 25.1 Å². The summed E-state index contributed by atoms with van der Waals surface area (Å²) in [6.45, 7) is 3.18. The lowest BCUT2D eigenvalue weighted by Gasteiger charge is -2.36. The molecule has 1 aromatic heterocycles. The number of aromatic nitrogens is 2. The molecular formula is C21H20FN5O. The number of carbonyl (C=O) groups is 1. The molecule has 1 saturated heterocycles. The molecule has 0 radical (unpaired) electrons. The van der Waals surface area contributed by atoms with Crippen molar-refractivity contribution in [3.8, 4) is 0 Å². The van der Waals surface area contributed by atoms with Gasteiger partial charge in [-0.2, -0.15) is 0 Å². The van der Waals surface area contributed by atoms with Crippen LogP contribution in [-0.2, 0) is 0 Å². The number of carbonyl (C=O) groups excluding carboxylic acids is 1. The minimum absolute atomic E-state index is 0.228. The second-order valence-corrected chi connectivity index (χ2v) is 6.53. The van der Waals surface area contributed by atoms with Gasteiger partial charge in [0.2, 0.25) is 0 Å². The van der Waals surface area contributed by atoms with Crippen molar-refractivity contribution in [3.63, 3.8) is 0 Å². The van der Waals surface area contributed by atoms with Gasteiger partial charge in [0, 0.05) is 37.6 Å². The van der Waals surface area contributed by atoms with Crippen molar-refractivity contribution in [2.75, 3.05) is 41.3 Å². The molecule has 3 aromatic rings. The second kappa shape index (κ2) is 8.04. The highest BCUT2D eigenvalue weighted by Crippen LogP contribution is 2.19. The summed E-state index contributed by atoms with van der Waals surface area (Å²) in [7, 11) is 0. The van der Waals surface area contributed by atoms with E-state index in [0.29, 0.717) is 0 Å². The summed E-state index contributed by atoms with van der Waals surface area (Å²) in [5.74, 6) is 0.232. The van der Waals surface area contributed by atoms with Gasteiger partial charge in [0.1, 0.15) is 17.3 Å². The maximum absolute atomic E-state index is 13.1. The van der Waals surface area contributed by atoms with Crippen molar-refractivity contribution in [2.24, 2.45) is 0 Å². The van der Waals surface area contributed by atoms with E-state index in [4.69, 9.17) is 0 Å². The Morgan fingerprint density at radius 2 is 1.54 bits per heavy atom. The molecule has 0 aliphatic carbocycles. The summed E-state index contributed by atoms with van der Waals surface area (Å²) in [6.07, 6.45) is 3.13. The van der Waals surface area contributed by atoms with E-state index in [-0.39, 0.29) is 17.4 Å². The number of hydrogen-bond acceptors (Lipinski definition) is 5. The van der Waals surface area contributed by atoms with E-state index < -0.39 is 0 Å². The van der Waals surface area contributed by atoms with Gasteiger partial charge in [0.25, 0.3) is 5.91 Å². The largest absolute Gasteiger partial charge is 0.368 e. The van der Waals surface area contributed by atoms with Gasteiger partial charge in [-0.25, -0.2) is 14.4 Å². The highest BCUT2D eigenvalue weighted by Gasteiger charge is 2.19. The van der Waals surface area contributed by atoms with Crippen LogP contribution in [0.5, 0.6) is 0 Å². The van der Waals surface area contributed by atoms with E-state index in [1.54, 1.807) is 18.3 Å². The van der Waals surface area contributed by atoms with E-state index in [9.17, 15) is 9.18 Å². The molecule has 1 N–H and O–H groups in total. The predicted molar refractivity (Wildman–Crippen MR) is 107 cm³/mol. The summed E-state index contributed by atoms with van der Waals surface area (Å²) < 4.78 is 13.1. The van der Waals surface area contributed by atoms with Crippen LogP contribution in [0.25, 0.3) is 0 Å². The van der Waals surface area contributed by atoms with Gasteiger partial charge in [-0.1, -0.05) is 18.2 Å². The van der Waals surface area contributed by atoms with Gasteiger partial charge < -0.3 is 15.1 Å². The molecule has 0 spiro atoms. The fraction of sp³-hybridized carbons (Fsp3) is 0.190. The third kappa shape index (κ3) is 4.09. The number of benzene rings is 2. The minimum Gasteiger partial charge on any atom is -0.368 e. The SMILES string of the molecule is O=C(Nc1ccccc1)c1cnc(N2CCN(c3ccc(F)cc3)CC2)cn1. The molecule has 6 nitrogen and oxygen atoms in total. The van der Waals surface area contributed by atoms with Crippen molar-refractivity contribution >= 4 is 23.1 Å². The number of piperazine rings is 1. The number of hydrogen-bond donors (Lipinski definition) is 1. The number of halogens is 1. The fourth-order valence-electron chi connectivity index (χ4n) is 3.16. The Morgan fingerprint density at radius 3 is 2.18 bits per heavy atom.